The van der Waals surface area contributed by atoms with Crippen molar-refractivity contribution >= 4 is 35.6 Å². The van der Waals surface area contributed by atoms with Crippen LogP contribution in [-0.4, -0.2) is 27.4 Å². The molecule has 0 bridgehead atoms. The molecule has 1 aliphatic rings. The van der Waals surface area contributed by atoms with Crippen LogP contribution in [0.2, 0.25) is 5.02 Å². The molecule has 32 heavy (non-hydrogen) atoms. The quantitative estimate of drug-likeness (QED) is 0.565. The monoisotopic (exact) mass is 485 g/mol. The van der Waals surface area contributed by atoms with Gasteiger partial charge in [0.2, 0.25) is 0 Å². The molecule has 11 heteroatoms. The van der Waals surface area contributed by atoms with E-state index in [0.29, 0.717) is 16.9 Å². The van der Waals surface area contributed by atoms with E-state index in [4.69, 9.17) is 11.6 Å². The molecule has 3 aromatic rings. The Morgan fingerprint density at radius 2 is 2.00 bits per heavy atom. The molecule has 6 nitrogen and oxygen atoms in total. The van der Waals surface area contributed by atoms with Crippen LogP contribution in [0, 0.1) is 6.92 Å². The van der Waals surface area contributed by atoms with Crippen LogP contribution in [0.1, 0.15) is 38.4 Å². The molecular weight excluding hydrogens is 466 g/mol. The summed E-state index contributed by atoms with van der Waals surface area (Å²) in [4.78, 5) is 12.7. The summed E-state index contributed by atoms with van der Waals surface area (Å²) in [6, 6.07) is 9.29. The fourth-order valence-corrected chi connectivity index (χ4v) is 3.84. The van der Waals surface area contributed by atoms with E-state index in [2.05, 4.69) is 20.9 Å². The fourth-order valence-electron chi connectivity index (χ4n) is 3.53. The van der Waals surface area contributed by atoms with Crippen molar-refractivity contribution in [2.45, 2.75) is 32.6 Å². The molecule has 0 aliphatic carbocycles. The maximum Gasteiger partial charge on any atom is 0.417 e. The highest BCUT2D eigenvalue weighted by molar-refractivity contribution is 6.31. The summed E-state index contributed by atoms with van der Waals surface area (Å²) in [6.45, 7) is 3.52. The van der Waals surface area contributed by atoms with Crippen molar-refractivity contribution in [3.05, 3.63) is 75.1 Å². The minimum atomic E-state index is -4.52. The van der Waals surface area contributed by atoms with E-state index >= 15 is 0 Å². The lowest BCUT2D eigenvalue weighted by atomic mass is 10.0. The SMILES string of the molecule is Cc1c(C(=O)Nc2ccc3c(c2)CCNC3)nnn1Cc1ccc(C(F)(F)F)c(Cl)c1.Cl. The summed E-state index contributed by atoms with van der Waals surface area (Å²) in [5.74, 6) is -0.400. The molecule has 0 fully saturated rings. The van der Waals surface area contributed by atoms with Crippen LogP contribution in [-0.2, 0) is 25.7 Å². The number of hydrogen-bond donors (Lipinski definition) is 2. The van der Waals surface area contributed by atoms with Gasteiger partial charge in [0.1, 0.15) is 0 Å². The second kappa shape index (κ2) is 9.48. The van der Waals surface area contributed by atoms with Gasteiger partial charge in [0.05, 0.1) is 22.8 Å². The van der Waals surface area contributed by atoms with Gasteiger partial charge in [0.15, 0.2) is 5.69 Å². The minimum absolute atomic E-state index is 0. The number of carbonyl (C=O) groups is 1. The molecule has 1 aromatic heterocycles. The number of nitrogens with one attached hydrogen (secondary N) is 2. The fraction of sp³-hybridized carbons (Fsp3) is 0.286. The average molecular weight is 486 g/mol. The molecule has 4 rings (SSSR count). The lowest BCUT2D eigenvalue weighted by Gasteiger charge is -2.18. The van der Waals surface area contributed by atoms with E-state index in [0.717, 1.165) is 25.6 Å². The maximum atomic E-state index is 12.9. The third kappa shape index (κ3) is 5.06. The van der Waals surface area contributed by atoms with Crippen molar-refractivity contribution in [2.24, 2.45) is 0 Å². The van der Waals surface area contributed by atoms with E-state index in [1.165, 1.54) is 27.9 Å². The normalized spacial score (nSPS) is 13.3. The highest BCUT2D eigenvalue weighted by Crippen LogP contribution is 2.35. The smallest absolute Gasteiger partial charge is 0.321 e. The lowest BCUT2D eigenvalue weighted by molar-refractivity contribution is -0.137. The van der Waals surface area contributed by atoms with Crippen LogP contribution < -0.4 is 10.6 Å². The molecule has 2 heterocycles. The number of aromatic nitrogens is 3. The number of nitrogens with zero attached hydrogens (tertiary/aromatic N) is 3. The zero-order chi connectivity index (χ0) is 22.2. The highest BCUT2D eigenvalue weighted by Gasteiger charge is 2.33. The summed E-state index contributed by atoms with van der Waals surface area (Å²) in [5, 5.41) is 13.7. The Kier molecular flexibility index (Phi) is 7.12. The summed E-state index contributed by atoms with van der Waals surface area (Å²) in [5.41, 5.74) is 3.34. The van der Waals surface area contributed by atoms with Gasteiger partial charge in [-0.2, -0.15) is 13.2 Å². The molecule has 1 aliphatic heterocycles. The van der Waals surface area contributed by atoms with Crippen LogP contribution in [0.25, 0.3) is 0 Å². The number of carbonyl (C=O) groups excluding carboxylic acids is 1. The number of alkyl halides is 3. The van der Waals surface area contributed by atoms with Crippen LogP contribution >= 0.6 is 24.0 Å². The predicted molar refractivity (Wildman–Crippen MR) is 117 cm³/mol. The third-order valence-corrected chi connectivity index (χ3v) is 5.53. The van der Waals surface area contributed by atoms with Crippen LogP contribution in [0.4, 0.5) is 18.9 Å². The molecule has 170 valence electrons. The Balaban J connectivity index is 0.00000289. The van der Waals surface area contributed by atoms with Gasteiger partial charge in [-0.15, -0.1) is 17.5 Å². The number of amides is 1. The van der Waals surface area contributed by atoms with Gasteiger partial charge in [-0.05, 0) is 60.8 Å². The van der Waals surface area contributed by atoms with Gasteiger partial charge in [-0.25, -0.2) is 4.68 Å². The Morgan fingerprint density at radius 1 is 1.22 bits per heavy atom. The van der Waals surface area contributed by atoms with Crippen molar-refractivity contribution in [3.63, 3.8) is 0 Å². The van der Waals surface area contributed by atoms with Gasteiger partial charge < -0.3 is 10.6 Å². The van der Waals surface area contributed by atoms with Crippen LogP contribution in [0.15, 0.2) is 36.4 Å². The third-order valence-electron chi connectivity index (χ3n) is 5.22. The second-order valence-electron chi connectivity index (χ2n) is 7.36. The zero-order valence-electron chi connectivity index (χ0n) is 17.0. The van der Waals surface area contributed by atoms with Crippen molar-refractivity contribution in [1.82, 2.24) is 20.3 Å². The zero-order valence-corrected chi connectivity index (χ0v) is 18.5. The molecule has 0 radical (unpaired) electrons. The van der Waals surface area contributed by atoms with E-state index in [-0.39, 0.29) is 29.7 Å². The van der Waals surface area contributed by atoms with Crippen LogP contribution in [0.5, 0.6) is 0 Å². The summed E-state index contributed by atoms with van der Waals surface area (Å²) in [7, 11) is 0. The predicted octanol–water partition coefficient (Wildman–Crippen LogP) is 4.63. The first-order chi connectivity index (χ1) is 14.7. The molecule has 0 saturated carbocycles. The number of rotatable bonds is 4. The van der Waals surface area contributed by atoms with Gasteiger partial charge >= 0.3 is 6.18 Å². The number of hydrogen-bond acceptors (Lipinski definition) is 4. The summed E-state index contributed by atoms with van der Waals surface area (Å²) < 4.78 is 40.1. The maximum absolute atomic E-state index is 12.9. The lowest BCUT2D eigenvalue weighted by Crippen LogP contribution is -2.23. The number of halogens is 5. The number of anilines is 1. The van der Waals surface area contributed by atoms with E-state index < -0.39 is 17.6 Å². The first-order valence-electron chi connectivity index (χ1n) is 9.62. The summed E-state index contributed by atoms with van der Waals surface area (Å²) in [6.07, 6.45) is -3.62. The van der Waals surface area contributed by atoms with E-state index in [9.17, 15) is 18.0 Å². The van der Waals surface area contributed by atoms with Gasteiger partial charge in [-0.1, -0.05) is 28.9 Å². The van der Waals surface area contributed by atoms with E-state index in [1.807, 2.05) is 18.2 Å². The second-order valence-corrected chi connectivity index (χ2v) is 7.76. The average Bonchev–Trinajstić information content (AvgIpc) is 3.07. The highest BCUT2D eigenvalue weighted by atomic mass is 35.5. The number of fused-ring (bicyclic) bond motifs is 1. The van der Waals surface area contributed by atoms with Gasteiger partial charge in [0, 0.05) is 12.2 Å². The van der Waals surface area contributed by atoms with Crippen LogP contribution in [0.3, 0.4) is 0 Å². The first kappa shape index (κ1) is 24.0. The Bertz CT molecular complexity index is 1150. The van der Waals surface area contributed by atoms with Crippen molar-refractivity contribution in [3.8, 4) is 0 Å². The molecule has 1 amide bonds. The summed E-state index contributed by atoms with van der Waals surface area (Å²) >= 11 is 5.78. The van der Waals surface area contributed by atoms with Crippen molar-refractivity contribution in [2.75, 3.05) is 11.9 Å². The molecule has 0 unspecified atom stereocenters. The molecule has 0 spiro atoms. The first-order valence-corrected chi connectivity index (χ1v) is 10.00. The molecule has 2 aromatic carbocycles. The largest absolute Gasteiger partial charge is 0.417 e. The Morgan fingerprint density at radius 3 is 2.72 bits per heavy atom. The van der Waals surface area contributed by atoms with E-state index in [1.54, 1.807) is 6.92 Å². The Labute approximate surface area is 193 Å². The van der Waals surface area contributed by atoms with Crippen molar-refractivity contribution < 1.29 is 18.0 Å². The van der Waals surface area contributed by atoms with Gasteiger partial charge in [-0.3, -0.25) is 4.79 Å². The van der Waals surface area contributed by atoms with Gasteiger partial charge in [0.25, 0.3) is 5.91 Å². The molecule has 0 saturated heterocycles. The van der Waals surface area contributed by atoms with Crippen molar-refractivity contribution in [1.29, 1.82) is 0 Å². The molecular formula is C21H20Cl2F3N5O. The standard InChI is InChI=1S/C21H19ClF3N5O.ClH/c1-12-19(20(31)27-16-4-3-15-10-26-7-6-14(15)9-16)28-29-30(12)11-13-2-5-17(18(22)8-13)21(23,24)25;/h2-5,8-9,26H,6-7,10-11H2,1H3,(H,27,31);1H. The molecule has 2 N–H and O–H groups in total. The minimum Gasteiger partial charge on any atom is -0.321 e. The number of benzene rings is 2. The topological polar surface area (TPSA) is 71.8 Å². The molecule has 0 atom stereocenters. The Hall–Kier alpha value is -2.62.